The standard InChI is InChI=1S/C9H8N2O.C9H8N2.O2Se/c1-6-10-8-5-3-2-4-7(8)9(12)11-6;1-7-10-6-8-4-2-3-5-9(8)11-7;1-3-2/h2-5H,1H3,(H,10,11,12);2-6H,1H3;. The van der Waals surface area contributed by atoms with E-state index < -0.39 is 14.8 Å². The van der Waals surface area contributed by atoms with Crippen LogP contribution in [-0.4, -0.2) is 34.8 Å². The van der Waals surface area contributed by atoms with Crippen molar-refractivity contribution >= 4 is 36.6 Å². The second-order valence-electron chi connectivity index (χ2n) is 5.21. The molecule has 0 fully saturated rings. The molecular formula is C18H16N4O3Se. The topological polar surface area (TPSA) is 106 Å². The molecule has 4 aromatic rings. The number of fused-ring (bicyclic) bond motifs is 2. The average molecular weight is 415 g/mol. The van der Waals surface area contributed by atoms with Crippen LogP contribution in [0.25, 0.3) is 21.8 Å². The van der Waals surface area contributed by atoms with Crippen LogP contribution in [-0.2, 0) is 7.67 Å². The predicted molar refractivity (Wildman–Crippen MR) is 98.5 cm³/mol. The fraction of sp³-hybridized carbons (Fsp3) is 0.111. The van der Waals surface area contributed by atoms with Crippen LogP contribution >= 0.6 is 0 Å². The number of hydrogen-bond acceptors (Lipinski definition) is 6. The summed E-state index contributed by atoms with van der Waals surface area (Å²) < 4.78 is 16.9. The number of aryl methyl sites for hydroxylation is 2. The molecule has 8 heteroatoms. The van der Waals surface area contributed by atoms with E-state index in [1.165, 1.54) is 0 Å². The minimum atomic E-state index is -1.62. The van der Waals surface area contributed by atoms with Gasteiger partial charge < -0.3 is 4.98 Å². The van der Waals surface area contributed by atoms with Crippen molar-refractivity contribution in [2.24, 2.45) is 0 Å². The zero-order valence-electron chi connectivity index (χ0n) is 14.2. The molecule has 26 heavy (non-hydrogen) atoms. The quantitative estimate of drug-likeness (QED) is 0.443. The second-order valence-corrected chi connectivity index (χ2v) is 5.50. The number of aromatic amines is 1. The van der Waals surface area contributed by atoms with Crippen LogP contribution < -0.4 is 5.56 Å². The van der Waals surface area contributed by atoms with E-state index in [2.05, 4.69) is 19.9 Å². The van der Waals surface area contributed by atoms with Crippen molar-refractivity contribution in [3.8, 4) is 0 Å². The van der Waals surface area contributed by atoms with Gasteiger partial charge in [-0.05, 0) is 32.0 Å². The number of rotatable bonds is 0. The van der Waals surface area contributed by atoms with Gasteiger partial charge in [-0.15, -0.1) is 0 Å². The Balaban J connectivity index is 0.000000163. The molecule has 7 nitrogen and oxygen atoms in total. The average Bonchev–Trinajstić information content (AvgIpc) is 2.63. The van der Waals surface area contributed by atoms with Crippen LogP contribution in [0.15, 0.2) is 59.5 Å². The van der Waals surface area contributed by atoms with Crippen molar-refractivity contribution in [1.29, 1.82) is 0 Å². The first-order valence-corrected chi connectivity index (χ1v) is 9.01. The third-order valence-corrected chi connectivity index (χ3v) is 3.34. The van der Waals surface area contributed by atoms with E-state index in [0.717, 1.165) is 22.2 Å². The van der Waals surface area contributed by atoms with E-state index >= 15 is 0 Å². The van der Waals surface area contributed by atoms with Gasteiger partial charge in [-0.3, -0.25) is 4.79 Å². The van der Waals surface area contributed by atoms with E-state index in [1.54, 1.807) is 13.0 Å². The molecule has 0 unspecified atom stereocenters. The van der Waals surface area contributed by atoms with E-state index in [0.29, 0.717) is 11.2 Å². The number of nitrogens with one attached hydrogen (secondary N) is 1. The van der Waals surface area contributed by atoms with E-state index in [9.17, 15) is 4.79 Å². The maximum atomic E-state index is 11.3. The Bertz CT molecular complexity index is 1120. The molecule has 0 bridgehead atoms. The number of hydrogen-bond donors (Lipinski definition) is 1. The first-order chi connectivity index (χ1) is 12.5. The molecule has 2 heterocycles. The summed E-state index contributed by atoms with van der Waals surface area (Å²) >= 11 is -1.62. The van der Waals surface area contributed by atoms with Crippen LogP contribution in [0.2, 0.25) is 0 Å². The van der Waals surface area contributed by atoms with Crippen molar-refractivity contribution in [3.63, 3.8) is 0 Å². The third-order valence-electron chi connectivity index (χ3n) is 3.34. The Morgan fingerprint density at radius 1 is 0.885 bits per heavy atom. The zero-order valence-corrected chi connectivity index (χ0v) is 15.9. The predicted octanol–water partition coefficient (Wildman–Crippen LogP) is 2.55. The van der Waals surface area contributed by atoms with Crippen LogP contribution in [0.3, 0.4) is 0 Å². The normalized spacial score (nSPS) is 9.62. The summed E-state index contributed by atoms with van der Waals surface area (Å²) in [6.07, 6.45) is 1.84. The van der Waals surface area contributed by atoms with Crippen molar-refractivity contribution in [3.05, 3.63) is 76.7 Å². The van der Waals surface area contributed by atoms with Gasteiger partial charge >= 0.3 is 22.5 Å². The Labute approximate surface area is 155 Å². The molecule has 2 aromatic carbocycles. The zero-order chi connectivity index (χ0) is 18.9. The van der Waals surface area contributed by atoms with E-state index in [4.69, 9.17) is 7.67 Å². The van der Waals surface area contributed by atoms with Crippen LogP contribution in [0.4, 0.5) is 0 Å². The van der Waals surface area contributed by atoms with Gasteiger partial charge in [0.05, 0.1) is 16.4 Å². The van der Waals surface area contributed by atoms with Gasteiger partial charge in [0.25, 0.3) is 5.56 Å². The first-order valence-electron chi connectivity index (χ1n) is 7.61. The van der Waals surface area contributed by atoms with Gasteiger partial charge in [0.15, 0.2) is 0 Å². The Hall–Kier alpha value is -2.96. The molecule has 0 aliphatic rings. The maximum absolute atomic E-state index is 11.3. The molecule has 4 rings (SSSR count). The van der Waals surface area contributed by atoms with Gasteiger partial charge in [0.1, 0.15) is 11.6 Å². The minimum absolute atomic E-state index is 0.0712. The monoisotopic (exact) mass is 416 g/mol. The molecule has 0 radical (unpaired) electrons. The van der Waals surface area contributed by atoms with Crippen LogP contribution in [0.5, 0.6) is 0 Å². The summed E-state index contributed by atoms with van der Waals surface area (Å²) in [5.41, 5.74) is 1.69. The van der Waals surface area contributed by atoms with Crippen molar-refractivity contribution < 1.29 is 7.67 Å². The summed E-state index contributed by atoms with van der Waals surface area (Å²) in [5, 5.41) is 1.74. The fourth-order valence-electron chi connectivity index (χ4n) is 2.27. The van der Waals surface area contributed by atoms with Gasteiger partial charge in [-0.1, -0.05) is 30.3 Å². The Kier molecular flexibility index (Phi) is 7.08. The van der Waals surface area contributed by atoms with Crippen LogP contribution in [0.1, 0.15) is 11.6 Å². The van der Waals surface area contributed by atoms with E-state index in [-0.39, 0.29) is 5.56 Å². The SMILES string of the molecule is Cc1nc2ccccc2c(=O)[nH]1.Cc1ncc2ccccc2n1.O=[Se]=O. The van der Waals surface area contributed by atoms with Crippen LogP contribution in [0, 0.1) is 13.8 Å². The molecule has 132 valence electrons. The summed E-state index contributed by atoms with van der Waals surface area (Å²) in [5.74, 6) is 1.47. The van der Waals surface area contributed by atoms with Crippen molar-refractivity contribution in [2.75, 3.05) is 0 Å². The summed E-state index contributed by atoms with van der Waals surface area (Å²) in [6, 6.07) is 15.3. The third kappa shape index (κ3) is 5.27. The van der Waals surface area contributed by atoms with Gasteiger partial charge in [0, 0.05) is 11.6 Å². The van der Waals surface area contributed by atoms with Gasteiger partial charge in [0.2, 0.25) is 0 Å². The summed E-state index contributed by atoms with van der Waals surface area (Å²) in [4.78, 5) is 26.5. The number of para-hydroxylation sites is 2. The second kappa shape index (κ2) is 9.50. The molecule has 0 amide bonds. The number of benzene rings is 2. The summed E-state index contributed by atoms with van der Waals surface area (Å²) in [7, 11) is 0. The van der Waals surface area contributed by atoms with Gasteiger partial charge in [-0.2, -0.15) is 0 Å². The number of aromatic nitrogens is 4. The molecular weight excluding hydrogens is 399 g/mol. The molecule has 0 aliphatic heterocycles. The molecule has 0 saturated carbocycles. The van der Waals surface area contributed by atoms with Crippen molar-refractivity contribution in [2.45, 2.75) is 13.8 Å². The first kappa shape index (κ1) is 19.4. The molecule has 0 spiro atoms. The molecule has 1 N–H and O–H groups in total. The Morgan fingerprint density at radius 2 is 1.50 bits per heavy atom. The number of nitrogens with zero attached hydrogens (tertiary/aromatic N) is 3. The van der Waals surface area contributed by atoms with Crippen molar-refractivity contribution in [1.82, 2.24) is 19.9 Å². The molecule has 0 saturated heterocycles. The fourth-order valence-corrected chi connectivity index (χ4v) is 2.27. The van der Waals surface area contributed by atoms with E-state index in [1.807, 2.05) is 55.6 Å². The molecule has 0 aliphatic carbocycles. The molecule has 2 aromatic heterocycles. The summed E-state index contributed by atoms with van der Waals surface area (Å²) in [6.45, 7) is 3.67. The molecule has 0 atom stereocenters. The number of H-pyrrole nitrogens is 1. The van der Waals surface area contributed by atoms with Gasteiger partial charge in [-0.25, -0.2) is 15.0 Å². The Morgan fingerprint density at radius 3 is 2.23 bits per heavy atom.